The molecule has 3 nitrogen and oxygen atoms in total. The smallest absolute Gasteiger partial charge is 0.126 e. The zero-order valence-electron chi connectivity index (χ0n) is 12.5. The van der Waals surface area contributed by atoms with Crippen LogP contribution in [0.2, 0.25) is 0 Å². The van der Waals surface area contributed by atoms with E-state index in [2.05, 4.69) is 48.3 Å². The van der Waals surface area contributed by atoms with Gasteiger partial charge in [-0.25, -0.2) is 4.98 Å². The number of nitrogens with zero attached hydrogens (tertiary/aromatic N) is 2. The van der Waals surface area contributed by atoms with E-state index in [4.69, 9.17) is 4.98 Å². The van der Waals surface area contributed by atoms with Gasteiger partial charge in [-0.05, 0) is 38.2 Å². The van der Waals surface area contributed by atoms with Crippen LogP contribution >= 0.6 is 11.8 Å². The summed E-state index contributed by atoms with van der Waals surface area (Å²) < 4.78 is 2.68. The monoisotopic (exact) mass is 289 g/mol. The molecule has 0 spiro atoms. The third kappa shape index (κ3) is 2.35. The Bertz CT molecular complexity index is 595. The van der Waals surface area contributed by atoms with Gasteiger partial charge >= 0.3 is 0 Å². The highest BCUT2D eigenvalue weighted by Crippen LogP contribution is 2.42. The fourth-order valence-corrected chi connectivity index (χ4v) is 3.93. The quantitative estimate of drug-likeness (QED) is 0.913. The molecule has 1 heterocycles. The highest BCUT2D eigenvalue weighted by Gasteiger charge is 2.36. The minimum absolute atomic E-state index is 0.289. The molecule has 1 aliphatic rings. The first-order valence-electron chi connectivity index (χ1n) is 7.35. The van der Waals surface area contributed by atoms with Crippen LogP contribution in [0, 0.1) is 0 Å². The third-order valence-corrected chi connectivity index (χ3v) is 6.06. The molecular weight excluding hydrogens is 266 g/mol. The fraction of sp³-hybridized carbons (Fsp3) is 0.562. The summed E-state index contributed by atoms with van der Waals surface area (Å²) in [5.74, 6) is 1.13. The first kappa shape index (κ1) is 14.0. The summed E-state index contributed by atoms with van der Waals surface area (Å²) >= 11 is 2.02. The summed E-state index contributed by atoms with van der Waals surface area (Å²) in [6, 6.07) is 8.63. The number of thioether (sulfide) groups is 1. The minimum Gasteiger partial charge on any atom is -0.330 e. The van der Waals surface area contributed by atoms with Gasteiger partial charge in [0.15, 0.2) is 0 Å². The molecule has 1 fully saturated rings. The van der Waals surface area contributed by atoms with Gasteiger partial charge in [0.2, 0.25) is 0 Å². The van der Waals surface area contributed by atoms with Gasteiger partial charge in [0, 0.05) is 18.3 Å². The molecule has 1 saturated carbocycles. The van der Waals surface area contributed by atoms with E-state index in [9.17, 15) is 0 Å². The highest BCUT2D eigenvalue weighted by atomic mass is 32.2. The Morgan fingerprint density at radius 1 is 1.40 bits per heavy atom. The van der Waals surface area contributed by atoms with E-state index in [1.54, 1.807) is 0 Å². The van der Waals surface area contributed by atoms with Crippen molar-refractivity contribution in [2.45, 2.75) is 37.0 Å². The van der Waals surface area contributed by atoms with Crippen molar-refractivity contribution in [2.24, 2.45) is 7.05 Å². The molecule has 1 aromatic heterocycles. The Kier molecular flexibility index (Phi) is 3.78. The number of rotatable bonds is 5. The molecule has 4 heteroatoms. The molecule has 20 heavy (non-hydrogen) atoms. The Morgan fingerprint density at radius 2 is 2.15 bits per heavy atom. The van der Waals surface area contributed by atoms with Crippen molar-refractivity contribution in [2.75, 3.05) is 12.8 Å². The van der Waals surface area contributed by atoms with Gasteiger partial charge in [0.1, 0.15) is 5.82 Å². The molecule has 1 aliphatic carbocycles. The lowest BCUT2D eigenvalue weighted by atomic mass is 9.84. The van der Waals surface area contributed by atoms with Crippen LogP contribution in [0.1, 0.15) is 38.1 Å². The number of nitrogens with one attached hydrogen (secondary N) is 1. The van der Waals surface area contributed by atoms with E-state index in [-0.39, 0.29) is 6.04 Å². The number of para-hydroxylation sites is 2. The van der Waals surface area contributed by atoms with E-state index in [1.807, 2.05) is 17.8 Å². The van der Waals surface area contributed by atoms with Crippen LogP contribution in [-0.4, -0.2) is 27.1 Å². The molecular formula is C16H23N3S. The van der Waals surface area contributed by atoms with Gasteiger partial charge in [-0.1, -0.05) is 18.6 Å². The van der Waals surface area contributed by atoms with Gasteiger partial charge in [0.05, 0.1) is 17.1 Å². The summed E-state index contributed by atoms with van der Waals surface area (Å²) in [4.78, 5) is 4.78. The van der Waals surface area contributed by atoms with Crippen LogP contribution in [0.25, 0.3) is 11.0 Å². The van der Waals surface area contributed by atoms with E-state index in [0.717, 1.165) is 17.9 Å². The van der Waals surface area contributed by atoms with Gasteiger partial charge in [0.25, 0.3) is 0 Å². The highest BCUT2D eigenvalue weighted by molar-refractivity contribution is 8.00. The molecule has 0 saturated heterocycles. The third-order valence-electron chi connectivity index (χ3n) is 4.64. The predicted octanol–water partition coefficient (Wildman–Crippen LogP) is 3.51. The van der Waals surface area contributed by atoms with Gasteiger partial charge in [-0.2, -0.15) is 11.8 Å². The molecule has 108 valence electrons. The minimum atomic E-state index is 0.289. The van der Waals surface area contributed by atoms with Crippen LogP contribution < -0.4 is 5.32 Å². The number of fused-ring (bicyclic) bond motifs is 1. The number of aryl methyl sites for hydroxylation is 1. The number of hydrogen-bond acceptors (Lipinski definition) is 3. The molecule has 0 radical (unpaired) electrons. The lowest BCUT2D eigenvalue weighted by Gasteiger charge is -2.41. The molecule has 1 N–H and O–H groups in total. The van der Waals surface area contributed by atoms with Gasteiger partial charge < -0.3 is 9.88 Å². The van der Waals surface area contributed by atoms with Crippen molar-refractivity contribution in [1.82, 2.24) is 14.9 Å². The fourth-order valence-electron chi connectivity index (χ4n) is 3.01. The standard InChI is InChI=1S/C16H23N3S/c1-12(17-11-16(20-3)9-6-10-16)15-18-13-7-4-5-8-14(13)19(15)2/h4-5,7-8,12,17H,6,9-11H2,1-3H3. The van der Waals surface area contributed by atoms with Crippen LogP contribution in [0.15, 0.2) is 24.3 Å². The normalized spacial score (nSPS) is 18.9. The zero-order valence-corrected chi connectivity index (χ0v) is 13.3. The number of imidazole rings is 1. The van der Waals surface area contributed by atoms with Crippen molar-refractivity contribution in [1.29, 1.82) is 0 Å². The summed E-state index contributed by atoms with van der Waals surface area (Å²) in [5, 5.41) is 3.69. The Labute approximate surface area is 125 Å². The molecule has 0 bridgehead atoms. The summed E-state index contributed by atoms with van der Waals surface area (Å²) in [6.07, 6.45) is 6.30. The molecule has 2 aromatic rings. The molecule has 0 aliphatic heterocycles. The Morgan fingerprint density at radius 3 is 2.75 bits per heavy atom. The SMILES string of the molecule is CSC1(CNC(C)c2nc3ccccc3n2C)CCC1. The second-order valence-corrected chi connectivity index (χ2v) is 7.14. The summed E-state index contributed by atoms with van der Waals surface area (Å²) in [6.45, 7) is 3.30. The van der Waals surface area contributed by atoms with Crippen LogP contribution in [-0.2, 0) is 7.05 Å². The van der Waals surface area contributed by atoms with E-state index in [1.165, 1.54) is 24.8 Å². The Balaban J connectivity index is 1.75. The number of aromatic nitrogens is 2. The topological polar surface area (TPSA) is 29.9 Å². The van der Waals surface area contributed by atoms with Crippen LogP contribution in [0.3, 0.4) is 0 Å². The largest absolute Gasteiger partial charge is 0.330 e. The van der Waals surface area contributed by atoms with Gasteiger partial charge in [-0.3, -0.25) is 0 Å². The van der Waals surface area contributed by atoms with Crippen molar-refractivity contribution >= 4 is 22.8 Å². The molecule has 0 amide bonds. The predicted molar refractivity (Wildman–Crippen MR) is 87.2 cm³/mol. The average molecular weight is 289 g/mol. The first-order chi connectivity index (χ1) is 9.65. The average Bonchev–Trinajstić information content (AvgIpc) is 2.76. The maximum absolute atomic E-state index is 4.78. The van der Waals surface area contributed by atoms with Crippen LogP contribution in [0.5, 0.6) is 0 Å². The molecule has 1 unspecified atom stereocenters. The zero-order chi connectivity index (χ0) is 14.2. The maximum atomic E-state index is 4.78. The molecule has 1 aromatic carbocycles. The molecule has 3 rings (SSSR count). The lowest BCUT2D eigenvalue weighted by molar-refractivity contribution is 0.331. The van der Waals surface area contributed by atoms with Crippen molar-refractivity contribution < 1.29 is 0 Å². The first-order valence-corrected chi connectivity index (χ1v) is 8.58. The number of benzene rings is 1. The van der Waals surface area contributed by atoms with Crippen LogP contribution in [0.4, 0.5) is 0 Å². The summed E-state index contributed by atoms with van der Waals surface area (Å²) in [7, 11) is 2.11. The second-order valence-electron chi connectivity index (χ2n) is 5.86. The maximum Gasteiger partial charge on any atom is 0.126 e. The number of hydrogen-bond donors (Lipinski definition) is 1. The van der Waals surface area contributed by atoms with Gasteiger partial charge in [-0.15, -0.1) is 0 Å². The van der Waals surface area contributed by atoms with Crippen molar-refractivity contribution in [3.8, 4) is 0 Å². The second kappa shape index (κ2) is 5.41. The van der Waals surface area contributed by atoms with E-state index in [0.29, 0.717) is 4.75 Å². The van der Waals surface area contributed by atoms with Crippen molar-refractivity contribution in [3.63, 3.8) is 0 Å². The van der Waals surface area contributed by atoms with Crippen molar-refractivity contribution in [3.05, 3.63) is 30.1 Å². The molecule has 1 atom stereocenters. The van der Waals surface area contributed by atoms with E-state index >= 15 is 0 Å². The summed E-state index contributed by atoms with van der Waals surface area (Å²) in [5.41, 5.74) is 2.29. The van der Waals surface area contributed by atoms with E-state index < -0.39 is 0 Å². The lowest BCUT2D eigenvalue weighted by Crippen LogP contribution is -2.44. The Hall–Kier alpha value is -1.00.